The van der Waals surface area contributed by atoms with Crippen LogP contribution < -0.4 is 10.3 Å². The summed E-state index contributed by atoms with van der Waals surface area (Å²) in [5.74, 6) is 0.830. The summed E-state index contributed by atoms with van der Waals surface area (Å²) in [6.45, 7) is 1.91. The zero-order valence-corrected chi connectivity index (χ0v) is 13.0. The molecule has 1 aromatic carbocycles. The number of aryl methyl sites for hydroxylation is 1. The minimum atomic E-state index is -0.124. The molecule has 7 heteroatoms. The number of nitrogens with zero attached hydrogens (tertiary/aromatic N) is 4. The second-order valence-electron chi connectivity index (χ2n) is 5.99. The fraction of sp³-hybridized carbons (Fsp3) is 0.235. The number of hydrogen-bond donors (Lipinski definition) is 1. The van der Waals surface area contributed by atoms with E-state index in [4.69, 9.17) is 5.26 Å². The van der Waals surface area contributed by atoms with E-state index in [1.165, 1.54) is 6.07 Å². The second kappa shape index (κ2) is 5.49. The van der Waals surface area contributed by atoms with Crippen molar-refractivity contribution in [2.24, 2.45) is 0 Å². The Bertz CT molecular complexity index is 971. The summed E-state index contributed by atoms with van der Waals surface area (Å²) in [5, 5.41) is 16.6. The Labute approximate surface area is 137 Å². The van der Waals surface area contributed by atoms with Crippen molar-refractivity contribution < 1.29 is 9.47 Å². The number of nitrogens with one attached hydrogen (secondary N) is 1. The van der Waals surface area contributed by atoms with Gasteiger partial charge in [-0.15, -0.1) is 0 Å². The van der Waals surface area contributed by atoms with Gasteiger partial charge in [-0.3, -0.25) is 4.94 Å². The highest BCUT2D eigenvalue weighted by Crippen LogP contribution is 2.42. The third kappa shape index (κ3) is 2.52. The molecule has 6 nitrogen and oxygen atoms in total. The molecule has 0 radical (unpaired) electrons. The van der Waals surface area contributed by atoms with Crippen LogP contribution in [-0.4, -0.2) is 14.6 Å². The lowest BCUT2D eigenvalue weighted by molar-refractivity contribution is -0.0116. The number of anilines is 2. The number of rotatable bonds is 4. The molecule has 120 valence electrons. The van der Waals surface area contributed by atoms with Crippen LogP contribution in [-0.2, 0) is 0 Å². The molecule has 24 heavy (non-hydrogen) atoms. The minimum absolute atomic E-state index is 0.124. The van der Waals surface area contributed by atoms with Gasteiger partial charge in [-0.05, 0) is 49.4 Å². The second-order valence-corrected chi connectivity index (χ2v) is 5.99. The molecule has 1 saturated carbocycles. The summed E-state index contributed by atoms with van der Waals surface area (Å²) in [4.78, 5) is 8.03. The first kappa shape index (κ1) is 14.5. The van der Waals surface area contributed by atoms with Crippen LogP contribution in [0.15, 0.2) is 30.5 Å². The van der Waals surface area contributed by atoms with E-state index in [0.29, 0.717) is 28.6 Å². The Morgan fingerprint density at radius 3 is 2.88 bits per heavy atom. The molecule has 0 atom stereocenters. The van der Waals surface area contributed by atoms with E-state index in [1.54, 1.807) is 22.8 Å². The molecule has 3 aromatic rings. The zero-order chi connectivity index (χ0) is 16.7. The number of hydrogen-bond acceptors (Lipinski definition) is 5. The maximum Gasteiger partial charge on any atom is 0.268 e. The Hall–Kier alpha value is -3.14. The highest BCUT2D eigenvalue weighted by atomic mass is 19.3. The Kier molecular flexibility index (Phi) is 3.31. The summed E-state index contributed by atoms with van der Waals surface area (Å²) in [5.41, 5.74) is 3.79. The van der Waals surface area contributed by atoms with Gasteiger partial charge in [-0.25, -0.2) is 0 Å². The Balaban J connectivity index is 1.81. The molecule has 1 fully saturated rings. The average molecular weight is 323 g/mol. The van der Waals surface area contributed by atoms with Crippen LogP contribution in [0.5, 0.6) is 5.88 Å². The van der Waals surface area contributed by atoms with Gasteiger partial charge in [0.15, 0.2) is 5.65 Å². The molecule has 0 spiro atoms. The van der Waals surface area contributed by atoms with Gasteiger partial charge in [-0.2, -0.15) is 19.9 Å². The van der Waals surface area contributed by atoms with Crippen molar-refractivity contribution in [3.8, 4) is 11.9 Å². The summed E-state index contributed by atoms with van der Waals surface area (Å²) < 4.78 is 14.4. The van der Waals surface area contributed by atoms with E-state index in [2.05, 4.69) is 26.4 Å². The van der Waals surface area contributed by atoms with E-state index in [1.807, 2.05) is 13.0 Å². The lowest BCUT2D eigenvalue weighted by atomic mass is 10.1. The molecule has 0 bridgehead atoms. The first-order chi connectivity index (χ1) is 11.7. The molecule has 0 amide bonds. The molecule has 2 heterocycles. The summed E-state index contributed by atoms with van der Waals surface area (Å²) >= 11 is 0. The Morgan fingerprint density at radius 2 is 2.17 bits per heavy atom. The minimum Gasteiger partial charge on any atom is -0.340 e. The normalized spacial score (nSPS) is 13.7. The number of aromatic nitrogens is 3. The van der Waals surface area contributed by atoms with Crippen molar-refractivity contribution in [2.75, 3.05) is 5.32 Å². The van der Waals surface area contributed by atoms with Crippen LogP contribution >= 0.6 is 0 Å². The molecule has 0 unspecified atom stereocenters. The molecule has 1 aliphatic carbocycles. The topological polar surface area (TPSA) is 75.2 Å². The predicted octanol–water partition coefficient (Wildman–Crippen LogP) is 3.79. The smallest absolute Gasteiger partial charge is 0.268 e. The molecule has 0 saturated heterocycles. The van der Waals surface area contributed by atoms with E-state index in [-0.39, 0.29) is 5.88 Å². The average Bonchev–Trinajstić information content (AvgIpc) is 3.33. The standard InChI is InChI=1S/C17H14FN5O/c1-10-4-11(8-19)6-13(5-10)21-15-7-16(24-18)22-17-14(12-2-3-12)9-20-23(15)17/h4-7,9,12,21H,2-3H2,1H3. The third-order valence-electron chi connectivity index (χ3n) is 4.05. The van der Waals surface area contributed by atoms with E-state index in [9.17, 15) is 4.53 Å². The van der Waals surface area contributed by atoms with Crippen molar-refractivity contribution in [3.05, 3.63) is 47.2 Å². The highest BCUT2D eigenvalue weighted by Gasteiger charge is 2.28. The SMILES string of the molecule is Cc1cc(C#N)cc(Nc2cc(OF)nc3c(C4CC4)cnn23)c1. The number of benzene rings is 1. The fourth-order valence-corrected chi connectivity index (χ4v) is 2.84. The monoisotopic (exact) mass is 323 g/mol. The van der Waals surface area contributed by atoms with Crippen LogP contribution in [0.3, 0.4) is 0 Å². The number of nitriles is 1. The maximum absolute atomic E-state index is 12.7. The van der Waals surface area contributed by atoms with E-state index < -0.39 is 0 Å². The van der Waals surface area contributed by atoms with Crippen LogP contribution in [0, 0.1) is 18.3 Å². The quantitative estimate of drug-likeness (QED) is 0.790. The zero-order valence-electron chi connectivity index (χ0n) is 13.0. The molecular formula is C17H14FN5O. The fourth-order valence-electron chi connectivity index (χ4n) is 2.84. The molecule has 1 aliphatic rings. The predicted molar refractivity (Wildman–Crippen MR) is 85.9 cm³/mol. The van der Waals surface area contributed by atoms with Gasteiger partial charge >= 0.3 is 0 Å². The Morgan fingerprint density at radius 1 is 1.33 bits per heavy atom. The first-order valence-electron chi connectivity index (χ1n) is 7.64. The van der Waals surface area contributed by atoms with E-state index in [0.717, 1.165) is 24.0 Å². The van der Waals surface area contributed by atoms with Crippen molar-refractivity contribution in [1.82, 2.24) is 14.6 Å². The third-order valence-corrected chi connectivity index (χ3v) is 4.05. The maximum atomic E-state index is 12.7. The van der Waals surface area contributed by atoms with Crippen molar-refractivity contribution in [3.63, 3.8) is 0 Å². The van der Waals surface area contributed by atoms with Gasteiger partial charge < -0.3 is 5.32 Å². The summed E-state index contributed by atoms with van der Waals surface area (Å²) in [6, 6.07) is 8.97. The highest BCUT2D eigenvalue weighted by molar-refractivity contribution is 5.65. The summed E-state index contributed by atoms with van der Waals surface area (Å²) in [6.07, 6.45) is 3.95. The molecule has 2 aromatic heterocycles. The molecule has 0 aliphatic heterocycles. The first-order valence-corrected chi connectivity index (χ1v) is 7.64. The van der Waals surface area contributed by atoms with Gasteiger partial charge in [-0.1, -0.05) is 0 Å². The van der Waals surface area contributed by atoms with Gasteiger partial charge in [0.05, 0.1) is 17.8 Å². The molecule has 1 N–H and O–H groups in total. The lowest BCUT2D eigenvalue weighted by Crippen LogP contribution is -2.03. The van der Waals surface area contributed by atoms with Crippen LogP contribution in [0.25, 0.3) is 5.65 Å². The lowest BCUT2D eigenvalue weighted by Gasteiger charge is -2.10. The van der Waals surface area contributed by atoms with E-state index >= 15 is 0 Å². The van der Waals surface area contributed by atoms with Crippen molar-refractivity contribution in [2.45, 2.75) is 25.7 Å². The van der Waals surface area contributed by atoms with Crippen molar-refractivity contribution in [1.29, 1.82) is 5.26 Å². The number of fused-ring (bicyclic) bond motifs is 1. The van der Waals surface area contributed by atoms with Crippen molar-refractivity contribution >= 4 is 17.2 Å². The van der Waals surface area contributed by atoms with Gasteiger partial charge in [0.2, 0.25) is 0 Å². The number of halogens is 1. The largest absolute Gasteiger partial charge is 0.340 e. The molecule has 4 rings (SSSR count). The molecular weight excluding hydrogens is 309 g/mol. The van der Waals surface area contributed by atoms with Gasteiger partial charge in [0.1, 0.15) is 5.82 Å². The van der Waals surface area contributed by atoms with Crippen LogP contribution in [0.1, 0.15) is 35.4 Å². The van der Waals surface area contributed by atoms with Crippen LogP contribution in [0.4, 0.5) is 16.0 Å². The summed E-state index contributed by atoms with van der Waals surface area (Å²) in [7, 11) is 0. The van der Waals surface area contributed by atoms with Crippen LogP contribution in [0.2, 0.25) is 0 Å². The van der Waals surface area contributed by atoms with Gasteiger partial charge in [0.25, 0.3) is 5.88 Å². The van der Waals surface area contributed by atoms with Gasteiger partial charge in [0, 0.05) is 21.8 Å².